The van der Waals surface area contributed by atoms with E-state index in [9.17, 15) is 33.9 Å². The molecule has 0 unspecified atom stereocenters. The Hall–Kier alpha value is -4.19. The predicted molar refractivity (Wildman–Crippen MR) is 173 cm³/mol. The van der Waals surface area contributed by atoms with E-state index in [4.69, 9.17) is 11.6 Å². The van der Waals surface area contributed by atoms with Gasteiger partial charge in [-0.25, -0.2) is 4.79 Å². The number of rotatable bonds is 6. The lowest BCUT2D eigenvalue weighted by Crippen LogP contribution is -2.65. The van der Waals surface area contributed by atoms with Crippen LogP contribution in [0.1, 0.15) is 57.4 Å². The third-order valence-corrected chi connectivity index (χ3v) is 11.6. The van der Waals surface area contributed by atoms with Crippen LogP contribution in [0.5, 0.6) is 0 Å². The summed E-state index contributed by atoms with van der Waals surface area (Å²) in [7, 11) is 0. The Kier molecular flexibility index (Phi) is 8.33. The standard InChI is InChI=1S/C35H40ClN5O7/c1-20(42)37-26(19-22-5-2-3-6-25(22)36)30(43)39-17-4-15-35(39)16-13-24-9-11-27(41(24)34(35)48)31(44)38-18-14-21-7-8-23-10-12-28(33(46)47)40(23)32(45)29(21)38/h2-3,5-8,13,16,21,23-24,26-29H,4,9-12,14-15,17-19H2,1H3,(H,37,42)(H,46,47)/t21-,23-,24-,26-,27-,28-,29-,35+/m0/s1. The highest BCUT2D eigenvalue weighted by Crippen LogP contribution is 2.43. The van der Waals surface area contributed by atoms with Gasteiger partial charge in [-0.05, 0) is 56.6 Å². The molecule has 48 heavy (non-hydrogen) atoms. The van der Waals surface area contributed by atoms with Crippen LogP contribution in [0.3, 0.4) is 0 Å². The average Bonchev–Trinajstić information content (AvgIpc) is 3.85. The smallest absolute Gasteiger partial charge is 0.326 e. The summed E-state index contributed by atoms with van der Waals surface area (Å²) in [6, 6.07) is 2.94. The fourth-order valence-electron chi connectivity index (χ4n) is 8.97. The van der Waals surface area contributed by atoms with E-state index in [2.05, 4.69) is 5.32 Å². The van der Waals surface area contributed by atoms with Gasteiger partial charge >= 0.3 is 5.97 Å². The lowest BCUT2D eigenvalue weighted by atomic mass is 9.88. The zero-order valence-electron chi connectivity index (χ0n) is 26.8. The maximum atomic E-state index is 14.7. The SMILES string of the molecule is CC(=O)N[C@@H](Cc1ccccc1Cl)C(=O)N1CCC[C@]12C=C[C@@H]1CC[C@@H](C(=O)N3CC[C@@H]4C=C[C@H]5CC[C@@H](C(=O)O)N5C(=O)[C@H]43)N1C2=O. The van der Waals surface area contributed by atoms with Crippen molar-refractivity contribution in [3.8, 4) is 0 Å². The lowest BCUT2D eigenvalue weighted by Gasteiger charge is -2.45. The third-order valence-electron chi connectivity index (χ3n) is 11.2. The molecule has 1 aromatic rings. The van der Waals surface area contributed by atoms with Gasteiger partial charge in [0.15, 0.2) is 0 Å². The second-order valence-corrected chi connectivity index (χ2v) is 14.3. The highest BCUT2D eigenvalue weighted by Gasteiger charge is 2.58. The number of benzene rings is 1. The van der Waals surface area contributed by atoms with Crippen molar-refractivity contribution < 1.29 is 33.9 Å². The minimum Gasteiger partial charge on any atom is -0.480 e. The number of carbonyl (C=O) groups is 6. The molecule has 5 amide bonds. The van der Waals surface area contributed by atoms with Crippen molar-refractivity contribution >= 4 is 47.1 Å². The molecule has 0 radical (unpaired) electrons. The number of nitrogens with zero attached hydrogens (tertiary/aromatic N) is 4. The van der Waals surface area contributed by atoms with Gasteiger partial charge in [-0.15, -0.1) is 0 Å². The van der Waals surface area contributed by atoms with Crippen LogP contribution in [-0.2, 0) is 35.2 Å². The first-order chi connectivity index (χ1) is 23.0. The number of carbonyl (C=O) groups excluding carboxylic acids is 5. The monoisotopic (exact) mass is 677 g/mol. The lowest BCUT2D eigenvalue weighted by molar-refractivity contribution is -0.158. The Morgan fingerprint density at radius 1 is 0.958 bits per heavy atom. The molecule has 8 atom stereocenters. The molecular weight excluding hydrogens is 638 g/mol. The van der Waals surface area contributed by atoms with Crippen LogP contribution >= 0.6 is 11.6 Å². The molecule has 1 spiro atoms. The van der Waals surface area contributed by atoms with Crippen molar-refractivity contribution in [1.29, 1.82) is 0 Å². The van der Waals surface area contributed by atoms with E-state index in [1.54, 1.807) is 45.0 Å². The fourth-order valence-corrected chi connectivity index (χ4v) is 9.18. The van der Waals surface area contributed by atoms with Gasteiger partial charge in [0.05, 0.1) is 12.1 Å². The van der Waals surface area contributed by atoms with E-state index in [-0.39, 0.29) is 48.1 Å². The van der Waals surface area contributed by atoms with E-state index in [0.29, 0.717) is 68.6 Å². The Bertz CT molecular complexity index is 1630. The molecule has 0 saturated carbocycles. The summed E-state index contributed by atoms with van der Waals surface area (Å²) in [6.45, 7) is 1.98. The van der Waals surface area contributed by atoms with Gasteiger partial charge in [-0.1, -0.05) is 54.1 Å². The van der Waals surface area contributed by atoms with Gasteiger partial charge in [0, 0.05) is 37.4 Å². The van der Waals surface area contributed by atoms with Crippen LogP contribution in [0, 0.1) is 5.92 Å². The molecular formula is C35H40ClN5O7. The molecule has 1 aromatic carbocycles. The fraction of sp³-hybridized carbons (Fsp3) is 0.543. The number of nitrogens with one attached hydrogen (secondary N) is 1. The Morgan fingerprint density at radius 2 is 1.69 bits per heavy atom. The molecule has 2 N–H and O–H groups in total. The highest BCUT2D eigenvalue weighted by atomic mass is 35.5. The highest BCUT2D eigenvalue weighted by molar-refractivity contribution is 6.31. The molecule has 13 heteroatoms. The molecule has 4 saturated heterocycles. The maximum absolute atomic E-state index is 14.7. The number of carboxylic acids is 1. The Morgan fingerprint density at radius 3 is 2.42 bits per heavy atom. The van der Waals surface area contributed by atoms with E-state index >= 15 is 0 Å². The van der Waals surface area contributed by atoms with Gasteiger partial charge in [0.2, 0.25) is 23.6 Å². The molecule has 6 heterocycles. The number of amides is 5. The number of carboxylic acid groups (broad SMARTS) is 1. The van der Waals surface area contributed by atoms with E-state index in [1.807, 2.05) is 18.2 Å². The molecule has 0 aliphatic carbocycles. The number of likely N-dealkylation sites (tertiary alicyclic amines) is 2. The molecule has 0 bridgehead atoms. The zero-order chi connectivity index (χ0) is 33.9. The summed E-state index contributed by atoms with van der Waals surface area (Å²) in [5.41, 5.74) is -0.614. The van der Waals surface area contributed by atoms with E-state index in [0.717, 1.165) is 0 Å². The molecule has 0 aromatic heterocycles. The number of hydrogen-bond donors (Lipinski definition) is 2. The zero-order valence-corrected chi connectivity index (χ0v) is 27.6. The molecule has 12 nitrogen and oxygen atoms in total. The van der Waals surface area contributed by atoms with Crippen molar-refractivity contribution in [3.63, 3.8) is 0 Å². The summed E-state index contributed by atoms with van der Waals surface area (Å²) >= 11 is 6.40. The molecule has 6 aliphatic heterocycles. The maximum Gasteiger partial charge on any atom is 0.326 e. The Labute approximate surface area is 283 Å². The molecule has 7 rings (SSSR count). The molecule has 4 fully saturated rings. The van der Waals surface area contributed by atoms with Crippen LogP contribution in [-0.4, -0.2) is 115 Å². The second-order valence-electron chi connectivity index (χ2n) is 13.9. The largest absolute Gasteiger partial charge is 0.480 e. The van der Waals surface area contributed by atoms with Crippen LogP contribution in [0.15, 0.2) is 48.6 Å². The summed E-state index contributed by atoms with van der Waals surface area (Å²) < 4.78 is 0. The van der Waals surface area contributed by atoms with E-state index < -0.39 is 41.6 Å². The average molecular weight is 678 g/mol. The first-order valence-corrected chi connectivity index (χ1v) is 17.3. The first kappa shape index (κ1) is 32.4. The molecule has 6 aliphatic rings. The van der Waals surface area contributed by atoms with Gasteiger partial charge in [-0.3, -0.25) is 24.0 Å². The molecule has 254 valence electrons. The van der Waals surface area contributed by atoms with Gasteiger partial charge in [0.1, 0.15) is 29.7 Å². The summed E-state index contributed by atoms with van der Waals surface area (Å²) in [6.07, 6.45) is 11.2. The number of halogens is 1. The van der Waals surface area contributed by atoms with Gasteiger partial charge < -0.3 is 30.0 Å². The van der Waals surface area contributed by atoms with Crippen molar-refractivity contribution in [3.05, 3.63) is 59.2 Å². The summed E-state index contributed by atoms with van der Waals surface area (Å²) in [4.78, 5) is 87.7. The van der Waals surface area contributed by atoms with Crippen LogP contribution < -0.4 is 5.32 Å². The first-order valence-electron chi connectivity index (χ1n) is 16.9. The van der Waals surface area contributed by atoms with Gasteiger partial charge in [-0.2, -0.15) is 0 Å². The quantitative estimate of drug-likeness (QED) is 0.437. The Balaban J connectivity index is 1.14. The number of fused-ring (bicyclic) bond motifs is 3. The van der Waals surface area contributed by atoms with Crippen molar-refractivity contribution in [2.75, 3.05) is 13.1 Å². The van der Waals surface area contributed by atoms with Gasteiger partial charge in [0.25, 0.3) is 5.91 Å². The summed E-state index contributed by atoms with van der Waals surface area (Å²) in [5.74, 6) is -3.05. The predicted octanol–water partition coefficient (Wildman–Crippen LogP) is 1.91. The van der Waals surface area contributed by atoms with Crippen molar-refractivity contribution in [2.45, 2.75) is 100 Å². The third kappa shape index (κ3) is 5.19. The van der Waals surface area contributed by atoms with E-state index in [1.165, 1.54) is 11.8 Å². The number of hydrogen-bond acceptors (Lipinski definition) is 6. The van der Waals surface area contributed by atoms with Crippen molar-refractivity contribution in [1.82, 2.24) is 24.9 Å². The number of aliphatic carboxylic acids is 1. The van der Waals surface area contributed by atoms with Crippen LogP contribution in [0.4, 0.5) is 0 Å². The minimum atomic E-state index is -1.31. The minimum absolute atomic E-state index is 0.149. The van der Waals surface area contributed by atoms with Crippen molar-refractivity contribution in [2.24, 2.45) is 5.92 Å². The van der Waals surface area contributed by atoms with Crippen LogP contribution in [0.2, 0.25) is 5.02 Å². The van der Waals surface area contributed by atoms with Crippen LogP contribution in [0.25, 0.3) is 0 Å². The second kappa shape index (κ2) is 12.4. The topological polar surface area (TPSA) is 148 Å². The summed E-state index contributed by atoms with van der Waals surface area (Å²) in [5, 5.41) is 13.1. The normalized spacial score (nSPS) is 32.7.